The topological polar surface area (TPSA) is 71.0 Å². The molecule has 7 heteroatoms. The van der Waals surface area contributed by atoms with Crippen LogP contribution in [0.3, 0.4) is 0 Å². The molecule has 22 heavy (non-hydrogen) atoms. The number of amides is 1. The Kier molecular flexibility index (Phi) is 4.48. The molecule has 114 valence electrons. The number of hydrogen-bond acceptors (Lipinski definition) is 5. The lowest BCUT2D eigenvalue weighted by Crippen LogP contribution is -2.48. The quantitative estimate of drug-likeness (QED) is 0.936. The average Bonchev–Trinajstić information content (AvgIpc) is 2.56. The number of rotatable bonds is 3. The summed E-state index contributed by atoms with van der Waals surface area (Å²) in [5, 5.41) is 3.56. The molecule has 3 rings (SSSR count). The van der Waals surface area contributed by atoms with Crippen LogP contribution in [0.5, 0.6) is 0 Å². The number of nitrogens with one attached hydrogen (secondary N) is 1. The minimum atomic E-state index is -0.100. The number of nitrogens with zero attached hydrogens (tertiary/aromatic N) is 4. The van der Waals surface area contributed by atoms with Gasteiger partial charge in [-0.15, -0.1) is 0 Å². The second-order valence-electron chi connectivity index (χ2n) is 5.20. The highest BCUT2D eigenvalue weighted by Crippen LogP contribution is 2.17. The number of anilines is 1. The lowest BCUT2D eigenvalue weighted by molar-refractivity contribution is 0.0932. The first kappa shape index (κ1) is 14.7. The third-order valence-electron chi connectivity index (χ3n) is 3.57. The zero-order valence-corrected chi connectivity index (χ0v) is 12.7. The number of halogens is 1. The van der Waals surface area contributed by atoms with Crippen LogP contribution in [0.4, 0.5) is 5.95 Å². The number of carbonyl (C=O) groups is 1. The van der Waals surface area contributed by atoms with Crippen LogP contribution >= 0.6 is 11.6 Å². The summed E-state index contributed by atoms with van der Waals surface area (Å²) in [6.45, 7) is 1.56. The van der Waals surface area contributed by atoms with Gasteiger partial charge in [0.25, 0.3) is 5.91 Å². The SMILES string of the molecule is O=C(NC1CCCN(c2ncc(Cl)cn2)C1)c1cccnc1. The monoisotopic (exact) mass is 317 g/mol. The first-order valence-corrected chi connectivity index (χ1v) is 7.53. The highest BCUT2D eigenvalue weighted by atomic mass is 35.5. The van der Waals surface area contributed by atoms with Crippen molar-refractivity contribution in [2.75, 3.05) is 18.0 Å². The molecule has 1 unspecified atom stereocenters. The van der Waals surface area contributed by atoms with E-state index in [0.717, 1.165) is 19.4 Å². The molecule has 3 heterocycles. The zero-order valence-electron chi connectivity index (χ0n) is 11.9. The number of aromatic nitrogens is 3. The second-order valence-corrected chi connectivity index (χ2v) is 5.64. The van der Waals surface area contributed by atoms with E-state index in [1.54, 1.807) is 36.9 Å². The molecule has 0 aliphatic carbocycles. The lowest BCUT2D eigenvalue weighted by atomic mass is 10.1. The van der Waals surface area contributed by atoms with Crippen LogP contribution in [0.15, 0.2) is 36.9 Å². The van der Waals surface area contributed by atoms with Crippen molar-refractivity contribution in [1.29, 1.82) is 0 Å². The molecule has 0 spiro atoms. The van der Waals surface area contributed by atoms with Gasteiger partial charge in [-0.25, -0.2) is 9.97 Å². The molecule has 2 aromatic rings. The first-order valence-electron chi connectivity index (χ1n) is 7.16. The Labute approximate surface area is 133 Å². The summed E-state index contributed by atoms with van der Waals surface area (Å²) in [4.78, 5) is 26.7. The smallest absolute Gasteiger partial charge is 0.253 e. The van der Waals surface area contributed by atoms with E-state index in [1.807, 2.05) is 0 Å². The minimum Gasteiger partial charge on any atom is -0.347 e. The van der Waals surface area contributed by atoms with E-state index in [0.29, 0.717) is 23.1 Å². The average molecular weight is 318 g/mol. The van der Waals surface area contributed by atoms with Crippen molar-refractivity contribution in [3.63, 3.8) is 0 Å². The predicted octanol–water partition coefficient (Wildman–Crippen LogP) is 1.92. The molecule has 0 saturated carbocycles. The molecular formula is C15H16ClN5O. The summed E-state index contributed by atoms with van der Waals surface area (Å²) >= 11 is 5.81. The van der Waals surface area contributed by atoms with E-state index in [-0.39, 0.29) is 11.9 Å². The minimum absolute atomic E-state index is 0.0701. The molecule has 1 saturated heterocycles. The van der Waals surface area contributed by atoms with Crippen molar-refractivity contribution in [2.24, 2.45) is 0 Å². The third-order valence-corrected chi connectivity index (χ3v) is 3.77. The van der Waals surface area contributed by atoms with Gasteiger partial charge in [0, 0.05) is 31.5 Å². The van der Waals surface area contributed by atoms with Gasteiger partial charge in [-0.05, 0) is 25.0 Å². The first-order chi connectivity index (χ1) is 10.7. The molecule has 1 aliphatic rings. The van der Waals surface area contributed by atoms with E-state index >= 15 is 0 Å². The Morgan fingerprint density at radius 3 is 2.86 bits per heavy atom. The number of hydrogen-bond donors (Lipinski definition) is 1. The Balaban J connectivity index is 1.63. The van der Waals surface area contributed by atoms with Gasteiger partial charge >= 0.3 is 0 Å². The Hall–Kier alpha value is -2.21. The van der Waals surface area contributed by atoms with Gasteiger partial charge in [-0.3, -0.25) is 9.78 Å². The third kappa shape index (κ3) is 3.51. The van der Waals surface area contributed by atoms with Gasteiger partial charge in [0.05, 0.1) is 23.0 Å². The maximum Gasteiger partial charge on any atom is 0.253 e. The van der Waals surface area contributed by atoms with Gasteiger partial charge in [0.2, 0.25) is 5.95 Å². The molecule has 0 aromatic carbocycles. The Morgan fingerprint density at radius 1 is 1.32 bits per heavy atom. The highest BCUT2D eigenvalue weighted by Gasteiger charge is 2.23. The normalized spacial score (nSPS) is 18.0. The fraction of sp³-hybridized carbons (Fsp3) is 0.333. The van der Waals surface area contributed by atoms with Crippen LogP contribution in [0, 0.1) is 0 Å². The summed E-state index contributed by atoms with van der Waals surface area (Å²) < 4.78 is 0. The molecule has 1 fully saturated rings. The molecule has 6 nitrogen and oxygen atoms in total. The van der Waals surface area contributed by atoms with E-state index in [4.69, 9.17) is 11.6 Å². The lowest BCUT2D eigenvalue weighted by Gasteiger charge is -2.33. The van der Waals surface area contributed by atoms with Gasteiger partial charge in [-0.2, -0.15) is 0 Å². The standard InChI is InChI=1S/C15H16ClN5O/c16-12-8-18-15(19-9-12)21-6-2-4-13(10-21)20-14(22)11-3-1-5-17-7-11/h1,3,5,7-9,13H,2,4,6,10H2,(H,20,22). The van der Waals surface area contributed by atoms with Crippen molar-refractivity contribution < 1.29 is 4.79 Å². The molecule has 0 radical (unpaired) electrons. The second kappa shape index (κ2) is 6.70. The number of piperidine rings is 1. The molecule has 1 atom stereocenters. The van der Waals surface area contributed by atoms with Crippen molar-refractivity contribution in [1.82, 2.24) is 20.3 Å². The molecule has 1 amide bonds. The van der Waals surface area contributed by atoms with Crippen LogP contribution in [-0.2, 0) is 0 Å². The van der Waals surface area contributed by atoms with Crippen LogP contribution in [0.25, 0.3) is 0 Å². The van der Waals surface area contributed by atoms with E-state index in [1.165, 1.54) is 0 Å². The summed E-state index contributed by atoms with van der Waals surface area (Å²) in [6, 6.07) is 3.58. The van der Waals surface area contributed by atoms with Gasteiger partial charge < -0.3 is 10.2 Å². The highest BCUT2D eigenvalue weighted by molar-refractivity contribution is 6.30. The van der Waals surface area contributed by atoms with Crippen molar-refractivity contribution in [2.45, 2.75) is 18.9 Å². The van der Waals surface area contributed by atoms with Crippen LogP contribution in [0.2, 0.25) is 5.02 Å². The summed E-state index contributed by atoms with van der Waals surface area (Å²) in [5.41, 5.74) is 0.572. The van der Waals surface area contributed by atoms with E-state index in [9.17, 15) is 4.79 Å². The van der Waals surface area contributed by atoms with Crippen molar-refractivity contribution in [3.05, 3.63) is 47.5 Å². The van der Waals surface area contributed by atoms with Crippen LogP contribution < -0.4 is 10.2 Å². The Bertz CT molecular complexity index is 634. The van der Waals surface area contributed by atoms with Gasteiger partial charge in [-0.1, -0.05) is 11.6 Å². The maximum absolute atomic E-state index is 12.2. The van der Waals surface area contributed by atoms with Gasteiger partial charge in [0.1, 0.15) is 0 Å². The van der Waals surface area contributed by atoms with E-state index < -0.39 is 0 Å². The molecule has 1 N–H and O–H groups in total. The fourth-order valence-electron chi connectivity index (χ4n) is 2.51. The molecular weight excluding hydrogens is 302 g/mol. The predicted molar refractivity (Wildman–Crippen MR) is 84.0 cm³/mol. The maximum atomic E-state index is 12.2. The largest absolute Gasteiger partial charge is 0.347 e. The molecule has 2 aromatic heterocycles. The van der Waals surface area contributed by atoms with E-state index in [2.05, 4.69) is 25.2 Å². The number of pyridine rings is 1. The molecule has 1 aliphatic heterocycles. The summed E-state index contributed by atoms with van der Waals surface area (Å²) in [6.07, 6.45) is 8.30. The summed E-state index contributed by atoms with van der Waals surface area (Å²) in [7, 11) is 0. The molecule has 0 bridgehead atoms. The van der Waals surface area contributed by atoms with Gasteiger partial charge in [0.15, 0.2) is 0 Å². The fourth-order valence-corrected chi connectivity index (χ4v) is 2.61. The summed E-state index contributed by atoms with van der Waals surface area (Å²) in [5.74, 6) is 0.543. The van der Waals surface area contributed by atoms with Crippen LogP contribution in [0.1, 0.15) is 23.2 Å². The number of carbonyl (C=O) groups excluding carboxylic acids is 1. The Morgan fingerprint density at radius 2 is 2.14 bits per heavy atom. The zero-order chi connectivity index (χ0) is 15.4. The van der Waals surface area contributed by atoms with Crippen molar-refractivity contribution >= 4 is 23.5 Å². The van der Waals surface area contributed by atoms with Crippen molar-refractivity contribution in [3.8, 4) is 0 Å². The van der Waals surface area contributed by atoms with Crippen LogP contribution in [-0.4, -0.2) is 40.0 Å².